The number of hydrogen-bond donors (Lipinski definition) is 2. The Morgan fingerprint density at radius 3 is 2.55 bits per heavy atom. The highest BCUT2D eigenvalue weighted by molar-refractivity contribution is 6.30. The molecule has 152 valence electrons. The van der Waals surface area contributed by atoms with Crippen molar-refractivity contribution in [2.75, 3.05) is 13.6 Å². The van der Waals surface area contributed by atoms with Crippen LogP contribution in [0.1, 0.15) is 24.5 Å². The fraction of sp³-hybridized carbons (Fsp3) is 0.286. The molecule has 1 saturated heterocycles. The first-order chi connectivity index (χ1) is 13.9. The van der Waals surface area contributed by atoms with Crippen molar-refractivity contribution in [3.8, 4) is 0 Å². The van der Waals surface area contributed by atoms with Gasteiger partial charge in [0.05, 0.1) is 6.54 Å². The van der Waals surface area contributed by atoms with Crippen LogP contribution >= 0.6 is 11.6 Å². The molecule has 8 heteroatoms. The van der Waals surface area contributed by atoms with Crippen molar-refractivity contribution in [2.24, 2.45) is 0 Å². The fourth-order valence-electron chi connectivity index (χ4n) is 3.45. The topological polar surface area (TPSA) is 81.8 Å². The second-order valence-electron chi connectivity index (χ2n) is 7.03. The van der Waals surface area contributed by atoms with Crippen molar-refractivity contribution in [3.05, 3.63) is 70.7 Å². The molecule has 0 aliphatic carbocycles. The van der Waals surface area contributed by atoms with Crippen molar-refractivity contribution in [1.29, 1.82) is 0 Å². The molecule has 2 aromatic rings. The molecule has 0 radical (unpaired) electrons. The van der Waals surface area contributed by atoms with Crippen LogP contribution < -0.4 is 10.7 Å². The van der Waals surface area contributed by atoms with E-state index in [0.29, 0.717) is 23.6 Å². The largest absolute Gasteiger partial charge is 0.344 e. The number of benzene rings is 2. The van der Waals surface area contributed by atoms with Gasteiger partial charge in [0.2, 0.25) is 0 Å². The van der Waals surface area contributed by atoms with Crippen LogP contribution in [0.2, 0.25) is 5.02 Å². The average Bonchev–Trinajstić information content (AvgIpc) is 2.93. The average molecular weight is 415 g/mol. The third-order valence-corrected chi connectivity index (χ3v) is 5.12. The van der Waals surface area contributed by atoms with Crippen molar-refractivity contribution < 1.29 is 14.4 Å². The molecule has 0 saturated carbocycles. The molecule has 1 aliphatic rings. The molecule has 3 rings (SSSR count). The molecule has 0 aromatic heterocycles. The summed E-state index contributed by atoms with van der Waals surface area (Å²) in [5, 5.41) is 4.12. The Hall–Kier alpha value is -2.90. The van der Waals surface area contributed by atoms with Gasteiger partial charge in [0, 0.05) is 11.6 Å². The number of rotatable bonds is 7. The van der Waals surface area contributed by atoms with E-state index in [1.165, 1.54) is 0 Å². The van der Waals surface area contributed by atoms with Crippen molar-refractivity contribution in [2.45, 2.75) is 25.4 Å². The van der Waals surface area contributed by atoms with Gasteiger partial charge in [-0.05, 0) is 36.7 Å². The van der Waals surface area contributed by atoms with Gasteiger partial charge < -0.3 is 5.32 Å². The summed E-state index contributed by atoms with van der Waals surface area (Å²) in [4.78, 5) is 39.7. The summed E-state index contributed by atoms with van der Waals surface area (Å²) in [5.41, 5.74) is 2.88. The lowest BCUT2D eigenvalue weighted by atomic mass is 9.87. The van der Waals surface area contributed by atoms with Gasteiger partial charge >= 0.3 is 6.03 Å². The van der Waals surface area contributed by atoms with Crippen LogP contribution in [-0.2, 0) is 21.7 Å². The summed E-state index contributed by atoms with van der Waals surface area (Å²) in [6, 6.07) is 15.7. The highest BCUT2D eigenvalue weighted by Gasteiger charge is 2.52. The maximum absolute atomic E-state index is 13.0. The van der Waals surface area contributed by atoms with Crippen molar-refractivity contribution in [1.82, 2.24) is 20.7 Å². The summed E-state index contributed by atoms with van der Waals surface area (Å²) in [6.07, 6.45) is 0.364. The van der Waals surface area contributed by atoms with Crippen LogP contribution in [0.15, 0.2) is 54.6 Å². The highest BCUT2D eigenvalue weighted by atomic mass is 35.5. The lowest BCUT2D eigenvalue weighted by molar-refractivity contribution is -0.139. The first-order valence-electron chi connectivity index (χ1n) is 9.30. The van der Waals surface area contributed by atoms with E-state index in [1.54, 1.807) is 42.3 Å². The molecule has 1 fully saturated rings. The summed E-state index contributed by atoms with van der Waals surface area (Å²) >= 11 is 5.98. The molecule has 2 N–H and O–H groups in total. The first kappa shape index (κ1) is 20.8. The van der Waals surface area contributed by atoms with E-state index in [9.17, 15) is 14.4 Å². The predicted octanol–water partition coefficient (Wildman–Crippen LogP) is 2.66. The van der Waals surface area contributed by atoms with E-state index in [2.05, 4.69) is 10.7 Å². The third-order valence-electron chi connectivity index (χ3n) is 4.88. The molecule has 1 heterocycles. The SMILES string of the molecule is CC[C@]1(c2ccccc2)NC(=O)N(NC(=O)CN(C)Cc2cccc(Cl)c2)C1=O. The zero-order valence-electron chi connectivity index (χ0n) is 16.3. The van der Waals surface area contributed by atoms with E-state index < -0.39 is 23.4 Å². The van der Waals surface area contributed by atoms with Crippen LogP contribution in [0, 0.1) is 0 Å². The summed E-state index contributed by atoms with van der Waals surface area (Å²) in [5.74, 6) is -0.958. The number of hydrazine groups is 1. The Morgan fingerprint density at radius 1 is 1.17 bits per heavy atom. The van der Waals surface area contributed by atoms with Gasteiger partial charge in [-0.3, -0.25) is 19.9 Å². The summed E-state index contributed by atoms with van der Waals surface area (Å²) < 4.78 is 0. The molecular formula is C21H23ClN4O3. The number of nitrogens with zero attached hydrogens (tertiary/aromatic N) is 2. The monoisotopic (exact) mass is 414 g/mol. The fourth-order valence-corrected chi connectivity index (χ4v) is 3.66. The smallest absolute Gasteiger partial charge is 0.318 e. The van der Waals surface area contributed by atoms with Gasteiger partial charge in [-0.25, -0.2) is 4.79 Å². The Kier molecular flexibility index (Phi) is 6.20. The van der Waals surface area contributed by atoms with E-state index >= 15 is 0 Å². The summed E-state index contributed by atoms with van der Waals surface area (Å²) in [6.45, 7) is 2.32. The predicted molar refractivity (Wildman–Crippen MR) is 110 cm³/mol. The third kappa shape index (κ3) is 4.41. The Bertz CT molecular complexity index is 921. The zero-order valence-corrected chi connectivity index (χ0v) is 17.1. The molecule has 7 nitrogen and oxygen atoms in total. The van der Waals surface area contributed by atoms with Gasteiger partial charge in [0.25, 0.3) is 11.8 Å². The number of hydrogen-bond acceptors (Lipinski definition) is 4. The number of nitrogens with one attached hydrogen (secondary N) is 2. The normalized spacial score (nSPS) is 18.8. The van der Waals surface area contributed by atoms with E-state index in [4.69, 9.17) is 11.6 Å². The van der Waals surface area contributed by atoms with Gasteiger partial charge in [-0.2, -0.15) is 5.01 Å². The van der Waals surface area contributed by atoms with Crippen LogP contribution in [0.4, 0.5) is 4.79 Å². The maximum atomic E-state index is 13.0. The first-order valence-corrected chi connectivity index (χ1v) is 9.68. The van der Waals surface area contributed by atoms with E-state index in [1.807, 2.05) is 31.2 Å². The molecule has 1 atom stereocenters. The van der Waals surface area contributed by atoms with E-state index in [0.717, 1.165) is 10.6 Å². The Balaban J connectivity index is 1.66. The zero-order chi connectivity index (χ0) is 21.0. The minimum absolute atomic E-state index is 0.00797. The molecule has 1 aliphatic heterocycles. The van der Waals surface area contributed by atoms with Gasteiger partial charge in [0.15, 0.2) is 0 Å². The van der Waals surface area contributed by atoms with Crippen molar-refractivity contribution >= 4 is 29.4 Å². The van der Waals surface area contributed by atoms with Crippen LogP contribution in [0.5, 0.6) is 0 Å². The number of urea groups is 1. The Morgan fingerprint density at radius 2 is 1.90 bits per heavy atom. The standard InChI is InChI=1S/C21H23ClN4O3/c1-3-21(16-9-5-4-6-10-16)19(28)26(20(29)23-21)24-18(27)14-25(2)13-15-8-7-11-17(22)12-15/h4-12H,3,13-14H2,1-2H3,(H,23,29)(H,24,27)/t21-/m1/s1. The second-order valence-corrected chi connectivity index (χ2v) is 7.47. The maximum Gasteiger partial charge on any atom is 0.344 e. The number of carbonyl (C=O) groups is 3. The molecular weight excluding hydrogens is 392 g/mol. The van der Waals surface area contributed by atoms with Gasteiger partial charge in [-0.1, -0.05) is 61.0 Å². The van der Waals surface area contributed by atoms with Crippen LogP contribution in [0.3, 0.4) is 0 Å². The van der Waals surface area contributed by atoms with Gasteiger partial charge in [-0.15, -0.1) is 0 Å². The molecule has 4 amide bonds. The number of likely N-dealkylation sites (N-methyl/N-ethyl adjacent to an activating group) is 1. The number of amides is 4. The van der Waals surface area contributed by atoms with Gasteiger partial charge in [0.1, 0.15) is 5.54 Å². The molecule has 2 aromatic carbocycles. The van der Waals surface area contributed by atoms with Crippen LogP contribution in [0.25, 0.3) is 0 Å². The lowest BCUT2D eigenvalue weighted by Crippen LogP contribution is -2.50. The number of carbonyl (C=O) groups excluding carboxylic acids is 3. The Labute approximate surface area is 174 Å². The molecule has 29 heavy (non-hydrogen) atoms. The molecule has 0 bridgehead atoms. The lowest BCUT2D eigenvalue weighted by Gasteiger charge is -2.25. The van der Waals surface area contributed by atoms with Crippen LogP contribution in [-0.4, -0.2) is 41.3 Å². The quantitative estimate of drug-likeness (QED) is 0.682. The highest BCUT2D eigenvalue weighted by Crippen LogP contribution is 2.31. The number of halogens is 1. The molecule has 0 unspecified atom stereocenters. The minimum atomic E-state index is -1.18. The number of imide groups is 1. The second kappa shape index (κ2) is 8.63. The van der Waals surface area contributed by atoms with Crippen molar-refractivity contribution in [3.63, 3.8) is 0 Å². The molecule has 0 spiro atoms. The minimum Gasteiger partial charge on any atom is -0.318 e. The van der Waals surface area contributed by atoms with E-state index in [-0.39, 0.29) is 6.54 Å². The summed E-state index contributed by atoms with van der Waals surface area (Å²) in [7, 11) is 1.77.